The summed E-state index contributed by atoms with van der Waals surface area (Å²) < 4.78 is 0. The summed E-state index contributed by atoms with van der Waals surface area (Å²) in [6.45, 7) is 9.05. The maximum atomic E-state index is 10.2. The van der Waals surface area contributed by atoms with E-state index in [9.17, 15) is 10.2 Å². The molecule has 17 heavy (non-hydrogen) atoms. The Morgan fingerprint density at radius 3 is 2.59 bits per heavy atom. The first-order chi connectivity index (χ1) is 7.84. The maximum absolute atomic E-state index is 10.2. The smallest absolute Gasteiger partial charge is 0.0594 e. The van der Waals surface area contributed by atoms with Crippen LogP contribution in [0, 0.1) is 22.7 Å². The van der Waals surface area contributed by atoms with E-state index < -0.39 is 0 Å². The van der Waals surface area contributed by atoms with Gasteiger partial charge in [-0.2, -0.15) is 0 Å². The van der Waals surface area contributed by atoms with Gasteiger partial charge in [0.25, 0.3) is 0 Å². The average molecular weight is 238 g/mol. The molecule has 1 unspecified atom stereocenters. The molecular weight excluding hydrogens is 212 g/mol. The Hall–Kier alpha value is -0.340. The molecule has 0 aromatic rings. The van der Waals surface area contributed by atoms with Crippen molar-refractivity contribution in [2.45, 2.75) is 53.1 Å². The minimum absolute atomic E-state index is 0.0440. The molecule has 2 rings (SSSR count). The van der Waals surface area contributed by atoms with Crippen molar-refractivity contribution in [2.24, 2.45) is 22.7 Å². The summed E-state index contributed by atoms with van der Waals surface area (Å²) in [6, 6.07) is 0. The Morgan fingerprint density at radius 2 is 2.00 bits per heavy atom. The second-order valence-electron chi connectivity index (χ2n) is 6.85. The normalized spacial score (nSPS) is 45.1. The third kappa shape index (κ3) is 1.77. The van der Waals surface area contributed by atoms with Gasteiger partial charge in [0.05, 0.1) is 12.7 Å². The van der Waals surface area contributed by atoms with Crippen molar-refractivity contribution in [1.82, 2.24) is 0 Å². The van der Waals surface area contributed by atoms with Crippen LogP contribution in [-0.2, 0) is 0 Å². The van der Waals surface area contributed by atoms with E-state index in [-0.39, 0.29) is 29.5 Å². The Kier molecular flexibility index (Phi) is 3.16. The van der Waals surface area contributed by atoms with E-state index in [4.69, 9.17) is 0 Å². The van der Waals surface area contributed by atoms with Crippen LogP contribution in [0.25, 0.3) is 0 Å². The van der Waals surface area contributed by atoms with E-state index in [0.717, 1.165) is 19.3 Å². The van der Waals surface area contributed by atoms with Gasteiger partial charge in [-0.25, -0.2) is 0 Å². The van der Waals surface area contributed by atoms with Crippen LogP contribution < -0.4 is 0 Å². The molecule has 2 aliphatic rings. The van der Waals surface area contributed by atoms with Crippen LogP contribution >= 0.6 is 0 Å². The lowest BCUT2D eigenvalue weighted by molar-refractivity contribution is -0.120. The van der Waals surface area contributed by atoms with Crippen molar-refractivity contribution in [1.29, 1.82) is 0 Å². The molecule has 0 radical (unpaired) electrons. The van der Waals surface area contributed by atoms with E-state index in [1.54, 1.807) is 0 Å². The highest BCUT2D eigenvalue weighted by Gasteiger charge is 2.54. The Labute approximate surface area is 105 Å². The van der Waals surface area contributed by atoms with Crippen LogP contribution in [0.3, 0.4) is 0 Å². The molecule has 0 saturated heterocycles. The number of hydrogen-bond donors (Lipinski definition) is 2. The number of fused-ring (bicyclic) bond motifs is 1. The number of aliphatic hydroxyl groups is 2. The molecule has 0 amide bonds. The molecule has 2 N–H and O–H groups in total. The van der Waals surface area contributed by atoms with Gasteiger partial charge >= 0.3 is 0 Å². The lowest BCUT2D eigenvalue weighted by Gasteiger charge is -2.58. The van der Waals surface area contributed by atoms with Gasteiger partial charge in [0.1, 0.15) is 0 Å². The lowest BCUT2D eigenvalue weighted by atomic mass is 9.48. The van der Waals surface area contributed by atoms with E-state index in [1.165, 1.54) is 5.57 Å². The summed E-state index contributed by atoms with van der Waals surface area (Å²) in [5.74, 6) is 0.743. The Bertz CT molecular complexity index is 332. The van der Waals surface area contributed by atoms with Crippen molar-refractivity contribution in [3.8, 4) is 0 Å². The third-order valence-corrected chi connectivity index (χ3v) is 5.71. The van der Waals surface area contributed by atoms with Crippen LogP contribution in [0.2, 0.25) is 0 Å². The maximum Gasteiger partial charge on any atom is 0.0594 e. The molecule has 2 nitrogen and oxygen atoms in total. The van der Waals surface area contributed by atoms with Gasteiger partial charge in [-0.1, -0.05) is 32.4 Å². The number of hydrogen-bond acceptors (Lipinski definition) is 2. The predicted octanol–water partition coefficient (Wildman–Crippen LogP) is 2.75. The van der Waals surface area contributed by atoms with Gasteiger partial charge in [-0.15, -0.1) is 0 Å². The van der Waals surface area contributed by atoms with Crippen LogP contribution in [0.5, 0.6) is 0 Å². The minimum Gasteiger partial charge on any atom is -0.396 e. The molecule has 2 aliphatic carbocycles. The summed E-state index contributed by atoms with van der Waals surface area (Å²) in [5.41, 5.74) is 1.44. The first kappa shape index (κ1) is 13.1. The summed E-state index contributed by atoms with van der Waals surface area (Å²) in [5, 5.41) is 19.9. The molecule has 4 atom stereocenters. The van der Waals surface area contributed by atoms with Crippen LogP contribution in [0.15, 0.2) is 11.6 Å². The van der Waals surface area contributed by atoms with Crippen LogP contribution in [0.4, 0.5) is 0 Å². The summed E-state index contributed by atoms with van der Waals surface area (Å²) in [7, 11) is 0. The third-order valence-electron chi connectivity index (χ3n) is 5.71. The zero-order chi connectivity index (χ0) is 12.8. The van der Waals surface area contributed by atoms with Gasteiger partial charge < -0.3 is 10.2 Å². The van der Waals surface area contributed by atoms with Crippen LogP contribution in [-0.4, -0.2) is 22.9 Å². The molecule has 0 spiro atoms. The Morgan fingerprint density at radius 1 is 1.35 bits per heavy atom. The number of allylic oxidation sites excluding steroid dienone is 1. The first-order valence-electron chi connectivity index (χ1n) is 6.79. The highest BCUT2D eigenvalue weighted by molar-refractivity contribution is 5.19. The largest absolute Gasteiger partial charge is 0.396 e. The molecule has 0 aromatic carbocycles. The van der Waals surface area contributed by atoms with E-state index in [0.29, 0.717) is 5.92 Å². The second-order valence-corrected chi connectivity index (χ2v) is 6.85. The molecule has 2 heteroatoms. The van der Waals surface area contributed by atoms with Crippen molar-refractivity contribution in [2.75, 3.05) is 6.61 Å². The molecule has 1 fully saturated rings. The van der Waals surface area contributed by atoms with Gasteiger partial charge in [0.15, 0.2) is 0 Å². The average Bonchev–Trinajstić information content (AvgIpc) is 2.24. The molecular formula is C15H26O2. The zero-order valence-corrected chi connectivity index (χ0v) is 11.5. The first-order valence-corrected chi connectivity index (χ1v) is 6.79. The lowest BCUT2D eigenvalue weighted by Crippen LogP contribution is -2.54. The second kappa shape index (κ2) is 4.10. The molecule has 1 saturated carbocycles. The molecule has 0 aromatic heterocycles. The van der Waals surface area contributed by atoms with Gasteiger partial charge in [-0.3, -0.25) is 0 Å². The standard InChI is InChI=1S/C15H26O2/c1-10-5-6-12-14(2,3)13(17)7-8-15(12,4)11(10)9-16/h5,11-13,16-17H,6-9H2,1-4H3/t11-,12?,13-,15+/m0/s1. The summed E-state index contributed by atoms with van der Waals surface area (Å²) in [6.07, 6.45) is 5.00. The molecule has 98 valence electrons. The zero-order valence-electron chi connectivity index (χ0n) is 11.5. The highest BCUT2D eigenvalue weighted by Crippen LogP contribution is 2.59. The van der Waals surface area contributed by atoms with E-state index in [1.807, 2.05) is 0 Å². The van der Waals surface area contributed by atoms with Crippen molar-refractivity contribution < 1.29 is 10.2 Å². The quantitative estimate of drug-likeness (QED) is 0.690. The molecule has 0 aliphatic heterocycles. The summed E-state index contributed by atoms with van der Waals surface area (Å²) >= 11 is 0. The van der Waals surface area contributed by atoms with Crippen molar-refractivity contribution >= 4 is 0 Å². The van der Waals surface area contributed by atoms with E-state index in [2.05, 4.69) is 33.8 Å². The predicted molar refractivity (Wildman–Crippen MR) is 69.6 cm³/mol. The Balaban J connectivity index is 2.41. The summed E-state index contributed by atoms with van der Waals surface area (Å²) in [4.78, 5) is 0. The fraction of sp³-hybridized carbons (Fsp3) is 0.867. The SMILES string of the molecule is CC1=CCC2C(C)(C)[C@@H](O)CC[C@]2(C)[C@H]1CO. The minimum atomic E-state index is -0.202. The van der Waals surface area contributed by atoms with Gasteiger partial charge in [0.2, 0.25) is 0 Å². The van der Waals surface area contributed by atoms with Crippen LogP contribution in [0.1, 0.15) is 47.0 Å². The fourth-order valence-electron chi connectivity index (χ4n) is 4.38. The topological polar surface area (TPSA) is 40.5 Å². The van der Waals surface area contributed by atoms with Crippen molar-refractivity contribution in [3.63, 3.8) is 0 Å². The fourth-order valence-corrected chi connectivity index (χ4v) is 4.38. The molecule has 0 heterocycles. The van der Waals surface area contributed by atoms with Gasteiger partial charge in [-0.05, 0) is 42.9 Å². The van der Waals surface area contributed by atoms with Gasteiger partial charge in [0, 0.05) is 5.92 Å². The van der Waals surface area contributed by atoms with Crippen molar-refractivity contribution in [3.05, 3.63) is 11.6 Å². The molecule has 0 bridgehead atoms. The van der Waals surface area contributed by atoms with E-state index >= 15 is 0 Å². The monoisotopic (exact) mass is 238 g/mol. The number of aliphatic hydroxyl groups excluding tert-OH is 2. The highest BCUT2D eigenvalue weighted by atomic mass is 16.3. The number of rotatable bonds is 1.